The van der Waals surface area contributed by atoms with E-state index in [1.54, 1.807) is 0 Å². The van der Waals surface area contributed by atoms with Gasteiger partial charge in [0.15, 0.2) is 0 Å². The zero-order valence-electron chi connectivity index (χ0n) is 21.1. The van der Waals surface area contributed by atoms with Gasteiger partial charge in [-0.1, -0.05) is 19.8 Å². The molecule has 1 aromatic carbocycles. The Morgan fingerprint density at radius 2 is 1.26 bits per heavy atom. The van der Waals surface area contributed by atoms with Crippen LogP contribution in [-0.4, -0.2) is 54.2 Å². The van der Waals surface area contributed by atoms with Gasteiger partial charge in [0, 0.05) is 0 Å². The summed E-state index contributed by atoms with van der Waals surface area (Å²) in [5.41, 5.74) is 0.267. The Hall–Kier alpha value is -2.11. The van der Waals surface area contributed by atoms with Gasteiger partial charge in [-0.25, -0.2) is 0 Å². The van der Waals surface area contributed by atoms with Crippen LogP contribution in [0.4, 0.5) is 0 Å². The maximum atomic E-state index is 12.8. The monoisotopic (exact) mass is 540 g/mol. The van der Waals surface area contributed by atoms with Gasteiger partial charge in [-0.05, 0) is 0 Å². The Morgan fingerprint density at radius 3 is 1.76 bits per heavy atom. The molecule has 0 aliphatic carbocycles. The fourth-order valence-corrected chi connectivity index (χ4v) is 6.11. The third kappa shape index (κ3) is 10.9. The van der Waals surface area contributed by atoms with Crippen LogP contribution in [0.15, 0.2) is 41.5 Å². The molecule has 1 rings (SSSR count). The molecule has 1 unspecified atom stereocenters. The van der Waals surface area contributed by atoms with Crippen molar-refractivity contribution in [1.82, 2.24) is 0 Å². The SMILES string of the molecule is CCCCCCCCCCCC/C(C(=O)OC)=C(/C(=O)OC)C([Se]c1ccccc1)C(=O)OC. The van der Waals surface area contributed by atoms with Gasteiger partial charge in [0.1, 0.15) is 0 Å². The molecule has 0 aromatic heterocycles. The zero-order chi connectivity index (χ0) is 25.2. The Kier molecular flexibility index (Phi) is 16.1. The van der Waals surface area contributed by atoms with Crippen molar-refractivity contribution in [1.29, 1.82) is 0 Å². The van der Waals surface area contributed by atoms with E-state index in [0.29, 0.717) is 6.42 Å². The van der Waals surface area contributed by atoms with Crippen molar-refractivity contribution in [2.24, 2.45) is 0 Å². The van der Waals surface area contributed by atoms with E-state index >= 15 is 0 Å². The van der Waals surface area contributed by atoms with E-state index in [-0.39, 0.29) is 11.1 Å². The number of rotatable bonds is 17. The molecule has 1 atom stereocenters. The van der Waals surface area contributed by atoms with Crippen molar-refractivity contribution < 1.29 is 28.6 Å². The first-order chi connectivity index (χ1) is 16.5. The first-order valence-corrected chi connectivity index (χ1v) is 14.0. The maximum absolute atomic E-state index is 12.8. The van der Waals surface area contributed by atoms with Gasteiger partial charge >= 0.3 is 191 Å². The molecule has 1 aromatic rings. The van der Waals surface area contributed by atoms with Gasteiger partial charge in [-0.3, -0.25) is 0 Å². The Bertz CT molecular complexity index is 775. The van der Waals surface area contributed by atoms with Crippen LogP contribution >= 0.6 is 0 Å². The zero-order valence-corrected chi connectivity index (χ0v) is 22.8. The summed E-state index contributed by atoms with van der Waals surface area (Å²) in [6.07, 6.45) is 11.9. The van der Waals surface area contributed by atoms with Gasteiger partial charge in [0.25, 0.3) is 0 Å². The number of esters is 3. The number of unbranched alkanes of at least 4 members (excludes halogenated alkanes) is 9. The van der Waals surface area contributed by atoms with Gasteiger partial charge < -0.3 is 0 Å². The molecule has 0 radical (unpaired) electrons. The van der Waals surface area contributed by atoms with Crippen LogP contribution in [0.25, 0.3) is 0 Å². The molecule has 34 heavy (non-hydrogen) atoms. The van der Waals surface area contributed by atoms with E-state index in [1.165, 1.54) is 59.9 Å². The van der Waals surface area contributed by atoms with E-state index in [0.717, 1.165) is 30.1 Å². The fourth-order valence-electron chi connectivity index (χ4n) is 3.72. The minimum absolute atomic E-state index is 0.0565. The van der Waals surface area contributed by atoms with Crippen molar-refractivity contribution >= 4 is 37.3 Å². The molecule has 190 valence electrons. The fraction of sp³-hybridized carbons (Fsp3) is 0.593. The Labute approximate surface area is 211 Å². The molecule has 0 heterocycles. The van der Waals surface area contributed by atoms with E-state index < -0.39 is 37.7 Å². The van der Waals surface area contributed by atoms with Crippen LogP contribution in [0.1, 0.15) is 77.6 Å². The third-order valence-corrected chi connectivity index (χ3v) is 8.15. The first kappa shape index (κ1) is 29.9. The molecule has 0 saturated heterocycles. The molecular weight excluding hydrogens is 499 g/mol. The van der Waals surface area contributed by atoms with E-state index in [2.05, 4.69) is 6.92 Å². The number of hydrogen-bond acceptors (Lipinski definition) is 6. The van der Waals surface area contributed by atoms with Gasteiger partial charge in [0.05, 0.1) is 0 Å². The van der Waals surface area contributed by atoms with E-state index in [1.807, 2.05) is 30.3 Å². The van der Waals surface area contributed by atoms with E-state index in [9.17, 15) is 14.4 Å². The summed E-state index contributed by atoms with van der Waals surface area (Å²) < 4.78 is 15.9. The first-order valence-electron chi connectivity index (χ1n) is 12.2. The molecule has 0 fully saturated rings. The van der Waals surface area contributed by atoms with Crippen molar-refractivity contribution in [2.45, 2.75) is 82.4 Å². The van der Waals surface area contributed by atoms with Gasteiger partial charge in [-0.2, -0.15) is 0 Å². The standard InChI is InChI=1S/C27H40O6Se/c1-5-6-7-8-9-10-11-12-13-17-20-22(25(28)31-2)23(26(29)32-3)24(27(30)33-4)34-21-18-15-14-16-19-21/h14-16,18-19,24H,5-13,17,20H2,1-4H3/b23-22-. The van der Waals surface area contributed by atoms with Crippen LogP contribution in [0.5, 0.6) is 0 Å². The molecular formula is C27H40O6Se. The molecule has 0 amide bonds. The van der Waals surface area contributed by atoms with Gasteiger partial charge in [0.2, 0.25) is 0 Å². The molecule has 7 heteroatoms. The number of benzene rings is 1. The minimum atomic E-state index is -0.899. The number of carbonyl (C=O) groups is 3. The second kappa shape index (κ2) is 18.2. The Morgan fingerprint density at radius 1 is 0.735 bits per heavy atom. The molecule has 0 N–H and O–H groups in total. The molecule has 0 saturated carbocycles. The molecule has 0 bridgehead atoms. The van der Waals surface area contributed by atoms with E-state index in [4.69, 9.17) is 14.2 Å². The number of carbonyl (C=O) groups excluding carboxylic acids is 3. The van der Waals surface area contributed by atoms with Crippen LogP contribution < -0.4 is 4.46 Å². The van der Waals surface area contributed by atoms with Crippen molar-refractivity contribution in [3.05, 3.63) is 41.5 Å². The molecule has 0 aliphatic rings. The van der Waals surface area contributed by atoms with Crippen LogP contribution in [0.2, 0.25) is 4.82 Å². The second-order valence-electron chi connectivity index (χ2n) is 8.14. The van der Waals surface area contributed by atoms with Crippen LogP contribution in [0.3, 0.4) is 0 Å². The summed E-state index contributed by atoms with van der Waals surface area (Å²) in [5, 5.41) is 0. The predicted molar refractivity (Wildman–Crippen MR) is 135 cm³/mol. The summed E-state index contributed by atoms with van der Waals surface area (Å²) in [7, 11) is 3.82. The average molecular weight is 540 g/mol. The summed E-state index contributed by atoms with van der Waals surface area (Å²) in [6, 6.07) is 9.42. The number of methoxy groups -OCH3 is 3. The van der Waals surface area contributed by atoms with Crippen molar-refractivity contribution in [2.75, 3.05) is 21.3 Å². The van der Waals surface area contributed by atoms with Crippen LogP contribution in [0, 0.1) is 0 Å². The quantitative estimate of drug-likeness (QED) is 0.0919. The third-order valence-electron chi connectivity index (χ3n) is 5.62. The van der Waals surface area contributed by atoms with Crippen molar-refractivity contribution in [3.8, 4) is 0 Å². The van der Waals surface area contributed by atoms with Crippen LogP contribution in [-0.2, 0) is 28.6 Å². The van der Waals surface area contributed by atoms with Gasteiger partial charge in [-0.15, -0.1) is 0 Å². The second-order valence-corrected chi connectivity index (χ2v) is 10.6. The summed E-state index contributed by atoms with van der Waals surface area (Å²) in [6.45, 7) is 2.22. The molecule has 0 aliphatic heterocycles. The summed E-state index contributed by atoms with van der Waals surface area (Å²) in [4.78, 5) is 37.4. The normalized spacial score (nSPS) is 12.5. The average Bonchev–Trinajstić information content (AvgIpc) is 2.87. The van der Waals surface area contributed by atoms with Crippen molar-refractivity contribution in [3.63, 3.8) is 0 Å². The number of hydrogen-bond donors (Lipinski definition) is 0. The molecule has 0 spiro atoms. The predicted octanol–water partition coefficient (Wildman–Crippen LogP) is 4.93. The summed E-state index contributed by atoms with van der Waals surface area (Å²) in [5.74, 6) is -1.86. The summed E-state index contributed by atoms with van der Waals surface area (Å²) >= 11 is -0.477. The topological polar surface area (TPSA) is 78.9 Å². The Balaban J connectivity index is 2.96. The number of ether oxygens (including phenoxy) is 3. The molecule has 6 nitrogen and oxygen atoms in total.